The van der Waals surface area contributed by atoms with Crippen LogP contribution in [0.4, 0.5) is 0 Å². The molecular formula is C25H30ClN3O5S. The molecule has 8 nitrogen and oxygen atoms in total. The third-order valence-electron chi connectivity index (χ3n) is 6.92. The fourth-order valence-electron chi connectivity index (χ4n) is 4.96. The van der Waals surface area contributed by atoms with Crippen LogP contribution in [0.25, 0.3) is 0 Å². The van der Waals surface area contributed by atoms with Crippen molar-refractivity contribution in [1.82, 2.24) is 14.1 Å². The predicted molar refractivity (Wildman–Crippen MR) is 133 cm³/mol. The number of carbonyl (C=O) groups excluding carboxylic acids is 1. The number of piperidine rings is 1. The van der Waals surface area contributed by atoms with Crippen molar-refractivity contribution in [2.24, 2.45) is 5.92 Å². The van der Waals surface area contributed by atoms with Crippen LogP contribution in [-0.4, -0.2) is 74.5 Å². The van der Waals surface area contributed by atoms with Crippen LogP contribution in [0, 0.1) is 5.92 Å². The largest absolute Gasteiger partial charge is 0.454 e. The van der Waals surface area contributed by atoms with Crippen LogP contribution in [0.5, 0.6) is 11.5 Å². The average molecular weight is 520 g/mol. The zero-order valence-corrected chi connectivity index (χ0v) is 21.1. The molecule has 5 rings (SSSR count). The summed E-state index contributed by atoms with van der Waals surface area (Å²) in [5.41, 5.74) is 1.85. The van der Waals surface area contributed by atoms with Crippen molar-refractivity contribution >= 4 is 27.5 Å². The Bertz CT molecular complexity index is 1170. The maximum absolute atomic E-state index is 13.3. The number of hydrogen-bond donors (Lipinski definition) is 0. The third-order valence-corrected chi connectivity index (χ3v) is 8.98. The maximum Gasteiger partial charge on any atom is 0.231 e. The molecule has 0 radical (unpaired) electrons. The van der Waals surface area contributed by atoms with Crippen molar-refractivity contribution in [3.63, 3.8) is 0 Å². The second kappa shape index (κ2) is 10.3. The van der Waals surface area contributed by atoms with Gasteiger partial charge in [-0.3, -0.25) is 9.69 Å². The highest BCUT2D eigenvalue weighted by atomic mass is 35.5. The lowest BCUT2D eigenvalue weighted by molar-refractivity contribution is -0.138. The molecule has 35 heavy (non-hydrogen) atoms. The van der Waals surface area contributed by atoms with E-state index >= 15 is 0 Å². The van der Waals surface area contributed by atoms with Gasteiger partial charge in [0.25, 0.3) is 0 Å². The summed E-state index contributed by atoms with van der Waals surface area (Å²) < 4.78 is 38.4. The van der Waals surface area contributed by atoms with Crippen molar-refractivity contribution in [1.29, 1.82) is 0 Å². The summed E-state index contributed by atoms with van der Waals surface area (Å²) in [5.74, 6) is 1.26. The van der Waals surface area contributed by atoms with Gasteiger partial charge in [0, 0.05) is 50.8 Å². The van der Waals surface area contributed by atoms with E-state index in [0.717, 1.165) is 43.1 Å². The quantitative estimate of drug-likeness (QED) is 0.584. The van der Waals surface area contributed by atoms with Crippen molar-refractivity contribution in [3.8, 4) is 11.5 Å². The van der Waals surface area contributed by atoms with Gasteiger partial charge in [-0.25, -0.2) is 12.7 Å². The zero-order chi connectivity index (χ0) is 24.4. The molecule has 1 amide bonds. The van der Waals surface area contributed by atoms with Gasteiger partial charge in [-0.05, 0) is 48.2 Å². The number of amides is 1. The molecule has 0 N–H and O–H groups in total. The standard InChI is InChI=1S/C25H30ClN3O5S/c26-22-6-3-19(4-7-22)17-35(31,32)29-9-1-2-21(16-29)25(30)28-12-10-27(11-13-28)15-20-5-8-23-24(14-20)34-18-33-23/h3-8,14,21H,1-2,9-13,15-18H2/t21-/m0/s1. The molecule has 2 saturated heterocycles. The summed E-state index contributed by atoms with van der Waals surface area (Å²) in [6.07, 6.45) is 1.42. The first-order valence-electron chi connectivity index (χ1n) is 12.0. The number of rotatable bonds is 6. The summed E-state index contributed by atoms with van der Waals surface area (Å²) >= 11 is 5.91. The van der Waals surface area contributed by atoms with Gasteiger partial charge < -0.3 is 14.4 Å². The first-order valence-corrected chi connectivity index (χ1v) is 14.0. The lowest BCUT2D eigenvalue weighted by atomic mass is 9.97. The van der Waals surface area contributed by atoms with Crippen LogP contribution >= 0.6 is 11.6 Å². The normalized spacial score (nSPS) is 21.3. The number of fused-ring (bicyclic) bond motifs is 1. The fourth-order valence-corrected chi connectivity index (χ4v) is 6.70. The molecule has 0 aliphatic carbocycles. The highest BCUT2D eigenvalue weighted by molar-refractivity contribution is 7.88. The Kier molecular flexibility index (Phi) is 7.20. The molecule has 0 aromatic heterocycles. The summed E-state index contributed by atoms with van der Waals surface area (Å²) in [6, 6.07) is 12.9. The highest BCUT2D eigenvalue weighted by Gasteiger charge is 2.35. The van der Waals surface area contributed by atoms with E-state index in [1.54, 1.807) is 24.3 Å². The van der Waals surface area contributed by atoms with Gasteiger partial charge in [0.15, 0.2) is 11.5 Å². The van der Waals surface area contributed by atoms with Crippen LogP contribution in [-0.2, 0) is 27.1 Å². The summed E-state index contributed by atoms with van der Waals surface area (Å²) in [4.78, 5) is 17.5. The first kappa shape index (κ1) is 24.4. The van der Waals surface area contributed by atoms with Gasteiger partial charge in [-0.15, -0.1) is 0 Å². The number of halogens is 1. The number of piperazine rings is 1. The molecule has 0 bridgehead atoms. The van der Waals surface area contributed by atoms with Crippen molar-refractivity contribution in [3.05, 3.63) is 58.6 Å². The Hall–Kier alpha value is -2.33. The van der Waals surface area contributed by atoms with Crippen LogP contribution in [0.15, 0.2) is 42.5 Å². The van der Waals surface area contributed by atoms with E-state index in [0.29, 0.717) is 36.6 Å². The second-order valence-corrected chi connectivity index (χ2v) is 11.8. The van der Waals surface area contributed by atoms with E-state index in [1.165, 1.54) is 4.31 Å². The molecule has 3 aliphatic heterocycles. The number of benzene rings is 2. The lowest BCUT2D eigenvalue weighted by Gasteiger charge is -2.38. The molecule has 10 heteroatoms. The van der Waals surface area contributed by atoms with E-state index < -0.39 is 10.0 Å². The topological polar surface area (TPSA) is 79.4 Å². The molecule has 0 unspecified atom stereocenters. The smallest absolute Gasteiger partial charge is 0.231 e. The molecule has 2 aromatic carbocycles. The Balaban J connectivity index is 1.14. The Labute approximate surface area is 211 Å². The van der Waals surface area contributed by atoms with Crippen LogP contribution in [0.2, 0.25) is 5.02 Å². The van der Waals surface area contributed by atoms with Crippen molar-refractivity contribution in [2.45, 2.75) is 25.1 Å². The van der Waals surface area contributed by atoms with E-state index in [4.69, 9.17) is 21.1 Å². The SMILES string of the molecule is O=C([C@H]1CCCN(S(=O)(=O)Cc2ccc(Cl)cc2)C1)N1CCN(Cc2ccc3c(c2)OCO3)CC1. The third kappa shape index (κ3) is 5.74. The Morgan fingerprint density at radius 3 is 2.43 bits per heavy atom. The summed E-state index contributed by atoms with van der Waals surface area (Å²) in [6.45, 7) is 4.64. The first-order chi connectivity index (χ1) is 16.9. The monoisotopic (exact) mass is 519 g/mol. The minimum Gasteiger partial charge on any atom is -0.454 e. The molecule has 3 aliphatic rings. The molecular weight excluding hydrogens is 490 g/mol. The van der Waals surface area contributed by atoms with Crippen LogP contribution < -0.4 is 9.47 Å². The molecule has 188 valence electrons. The zero-order valence-electron chi connectivity index (χ0n) is 19.6. The summed E-state index contributed by atoms with van der Waals surface area (Å²) in [7, 11) is -3.50. The molecule has 2 fully saturated rings. The lowest BCUT2D eigenvalue weighted by Crippen LogP contribution is -2.52. The minimum absolute atomic E-state index is 0.0686. The van der Waals surface area contributed by atoms with E-state index in [1.807, 2.05) is 23.1 Å². The molecule has 0 spiro atoms. The Morgan fingerprint density at radius 1 is 0.943 bits per heavy atom. The van der Waals surface area contributed by atoms with Crippen LogP contribution in [0.3, 0.4) is 0 Å². The molecule has 3 heterocycles. The molecule has 2 aromatic rings. The molecule has 1 atom stereocenters. The van der Waals surface area contributed by atoms with Crippen molar-refractivity contribution < 1.29 is 22.7 Å². The second-order valence-electron chi connectivity index (χ2n) is 9.37. The van der Waals surface area contributed by atoms with E-state index in [2.05, 4.69) is 4.90 Å². The highest BCUT2D eigenvalue weighted by Crippen LogP contribution is 2.33. The number of ether oxygens (including phenoxy) is 2. The maximum atomic E-state index is 13.3. The summed E-state index contributed by atoms with van der Waals surface area (Å²) in [5, 5.41) is 0.575. The van der Waals surface area contributed by atoms with Gasteiger partial charge in [0.2, 0.25) is 22.7 Å². The molecule has 0 saturated carbocycles. The van der Waals surface area contributed by atoms with Gasteiger partial charge in [-0.1, -0.05) is 29.8 Å². The van der Waals surface area contributed by atoms with E-state index in [9.17, 15) is 13.2 Å². The number of hydrogen-bond acceptors (Lipinski definition) is 6. The van der Waals surface area contributed by atoms with Gasteiger partial charge in [-0.2, -0.15) is 0 Å². The van der Waals surface area contributed by atoms with E-state index in [-0.39, 0.29) is 30.9 Å². The number of sulfonamides is 1. The van der Waals surface area contributed by atoms with Crippen LogP contribution in [0.1, 0.15) is 24.0 Å². The van der Waals surface area contributed by atoms with Crippen molar-refractivity contribution in [2.75, 3.05) is 46.1 Å². The van der Waals surface area contributed by atoms with Gasteiger partial charge in [0.05, 0.1) is 11.7 Å². The van der Waals surface area contributed by atoms with Gasteiger partial charge >= 0.3 is 0 Å². The fraction of sp³-hybridized carbons (Fsp3) is 0.480. The van der Waals surface area contributed by atoms with Gasteiger partial charge in [0.1, 0.15) is 0 Å². The number of nitrogens with zero attached hydrogens (tertiary/aromatic N) is 3. The Morgan fingerprint density at radius 2 is 1.66 bits per heavy atom. The number of carbonyl (C=O) groups is 1. The average Bonchev–Trinajstić information content (AvgIpc) is 3.33. The minimum atomic E-state index is -3.50. The predicted octanol–water partition coefficient (Wildman–Crippen LogP) is 2.95.